The van der Waals surface area contributed by atoms with Crippen LogP contribution < -0.4 is 10.9 Å². The van der Waals surface area contributed by atoms with Gasteiger partial charge in [-0.25, -0.2) is 0 Å². The molecule has 6 heteroatoms. The van der Waals surface area contributed by atoms with Crippen molar-refractivity contribution in [2.24, 2.45) is 0 Å². The molecule has 1 amide bonds. The van der Waals surface area contributed by atoms with E-state index in [0.29, 0.717) is 22.2 Å². The second-order valence-electron chi connectivity index (χ2n) is 8.23. The van der Waals surface area contributed by atoms with Gasteiger partial charge in [-0.3, -0.25) is 14.2 Å². The molecule has 0 spiro atoms. The van der Waals surface area contributed by atoms with Gasteiger partial charge < -0.3 is 10.3 Å². The van der Waals surface area contributed by atoms with Gasteiger partial charge in [0, 0.05) is 19.5 Å². The van der Waals surface area contributed by atoms with E-state index in [1.807, 2.05) is 18.2 Å². The lowest BCUT2D eigenvalue weighted by atomic mass is 9.86. The smallest absolute Gasteiger partial charge is 0.262 e. The van der Waals surface area contributed by atoms with Crippen LogP contribution in [0.5, 0.6) is 0 Å². The van der Waals surface area contributed by atoms with Crippen molar-refractivity contribution >= 4 is 29.0 Å². The molecular weight excluding hydrogens is 382 g/mol. The van der Waals surface area contributed by atoms with Gasteiger partial charge >= 0.3 is 0 Å². The maximum Gasteiger partial charge on any atom is 0.262 e. The van der Waals surface area contributed by atoms with Crippen LogP contribution in [0.2, 0.25) is 0 Å². The third kappa shape index (κ3) is 5.21. The zero-order valence-corrected chi connectivity index (χ0v) is 17.9. The van der Waals surface area contributed by atoms with Gasteiger partial charge in [-0.2, -0.15) is 0 Å². The Morgan fingerprint density at radius 3 is 2.48 bits per heavy atom. The minimum Gasteiger partial charge on any atom is -0.356 e. The van der Waals surface area contributed by atoms with Crippen molar-refractivity contribution in [2.45, 2.75) is 45.6 Å². The van der Waals surface area contributed by atoms with Gasteiger partial charge in [0.05, 0.1) is 10.9 Å². The summed E-state index contributed by atoms with van der Waals surface area (Å²) in [4.78, 5) is 27.9. The minimum absolute atomic E-state index is 0.0919. The Hall–Kier alpha value is -2.73. The molecule has 0 bridgehead atoms. The molecule has 2 N–H and O–H groups in total. The highest BCUT2D eigenvalue weighted by molar-refractivity contribution is 7.71. The number of rotatable bonds is 6. The Bertz CT molecular complexity index is 1120. The molecule has 0 fully saturated rings. The van der Waals surface area contributed by atoms with Crippen molar-refractivity contribution < 1.29 is 4.79 Å². The number of carbonyl (C=O) groups is 1. The highest BCUT2D eigenvalue weighted by Gasteiger charge is 2.13. The topological polar surface area (TPSA) is 66.9 Å². The molecule has 0 unspecified atom stereocenters. The maximum atomic E-state index is 12.6. The first-order chi connectivity index (χ1) is 13.8. The van der Waals surface area contributed by atoms with Crippen LogP contribution >= 0.6 is 12.2 Å². The zero-order chi connectivity index (χ0) is 21.0. The fraction of sp³-hybridized carbons (Fsp3) is 0.348. The average molecular weight is 410 g/mol. The van der Waals surface area contributed by atoms with Gasteiger partial charge in [0.15, 0.2) is 4.77 Å². The van der Waals surface area contributed by atoms with Gasteiger partial charge in [-0.1, -0.05) is 57.2 Å². The number of aromatic nitrogens is 2. The summed E-state index contributed by atoms with van der Waals surface area (Å²) in [6.45, 7) is 7.39. The quantitative estimate of drug-likeness (QED) is 0.602. The highest BCUT2D eigenvalue weighted by Crippen LogP contribution is 2.22. The number of amides is 1. The molecule has 1 aromatic heterocycles. The van der Waals surface area contributed by atoms with Crippen LogP contribution in [0.4, 0.5) is 0 Å². The Morgan fingerprint density at radius 2 is 1.79 bits per heavy atom. The summed E-state index contributed by atoms with van der Waals surface area (Å²) >= 11 is 5.28. The number of carbonyl (C=O) groups excluding carboxylic acids is 1. The lowest BCUT2D eigenvalue weighted by Crippen LogP contribution is -2.29. The summed E-state index contributed by atoms with van der Waals surface area (Å²) in [6.07, 6.45) is 0.977. The third-order valence-electron chi connectivity index (χ3n) is 5.01. The van der Waals surface area contributed by atoms with Gasteiger partial charge in [0.1, 0.15) is 0 Å². The highest BCUT2D eigenvalue weighted by atomic mass is 32.1. The summed E-state index contributed by atoms with van der Waals surface area (Å²) in [6, 6.07) is 15.7. The van der Waals surface area contributed by atoms with Crippen molar-refractivity contribution in [1.82, 2.24) is 14.9 Å². The molecule has 5 nitrogen and oxygen atoms in total. The van der Waals surface area contributed by atoms with Gasteiger partial charge in [0.25, 0.3) is 5.56 Å². The maximum absolute atomic E-state index is 12.6. The first kappa shape index (κ1) is 21.0. The lowest BCUT2D eigenvalue weighted by molar-refractivity contribution is -0.121. The van der Waals surface area contributed by atoms with E-state index in [-0.39, 0.29) is 29.8 Å². The predicted octanol–water partition coefficient (Wildman–Crippen LogP) is 4.11. The number of hydrogen-bond donors (Lipinski definition) is 2. The molecular formula is C23H27N3O2S. The molecule has 0 saturated carbocycles. The van der Waals surface area contributed by atoms with Crippen LogP contribution in [0.1, 0.15) is 38.3 Å². The Morgan fingerprint density at radius 1 is 1.10 bits per heavy atom. The van der Waals surface area contributed by atoms with Crippen LogP contribution in [0.3, 0.4) is 0 Å². The number of nitrogens with zero attached hydrogens (tertiary/aromatic N) is 1. The normalized spacial score (nSPS) is 11.6. The SMILES string of the molecule is CC(C)(C)c1ccc(CCNC(=O)CCn2c(=S)[nH]c3ccccc3c2=O)cc1. The molecule has 0 atom stereocenters. The zero-order valence-electron chi connectivity index (χ0n) is 17.1. The largest absolute Gasteiger partial charge is 0.356 e. The molecule has 0 saturated heterocycles. The van der Waals surface area contributed by atoms with Gasteiger partial charge in [0.2, 0.25) is 5.91 Å². The Kier molecular flexibility index (Phi) is 6.33. The van der Waals surface area contributed by atoms with Crippen LogP contribution in [-0.4, -0.2) is 22.0 Å². The van der Waals surface area contributed by atoms with E-state index in [1.165, 1.54) is 15.7 Å². The van der Waals surface area contributed by atoms with E-state index in [4.69, 9.17) is 12.2 Å². The Labute approximate surface area is 175 Å². The van der Waals surface area contributed by atoms with Crippen LogP contribution in [0.25, 0.3) is 10.9 Å². The molecule has 3 rings (SSSR count). The molecule has 3 aromatic rings. The van der Waals surface area contributed by atoms with Crippen molar-refractivity contribution in [3.05, 3.63) is 74.8 Å². The number of fused-ring (bicyclic) bond motifs is 1. The molecule has 29 heavy (non-hydrogen) atoms. The molecule has 152 valence electrons. The number of hydrogen-bond acceptors (Lipinski definition) is 3. The van der Waals surface area contributed by atoms with E-state index in [0.717, 1.165) is 6.42 Å². The Balaban J connectivity index is 1.54. The number of benzene rings is 2. The molecule has 0 aliphatic rings. The first-order valence-electron chi connectivity index (χ1n) is 9.84. The van der Waals surface area contributed by atoms with E-state index in [2.05, 4.69) is 55.3 Å². The fourth-order valence-corrected chi connectivity index (χ4v) is 3.51. The first-order valence-corrected chi connectivity index (χ1v) is 10.2. The van der Waals surface area contributed by atoms with Gasteiger partial charge in [-0.15, -0.1) is 0 Å². The molecule has 0 aliphatic heterocycles. The van der Waals surface area contributed by atoms with Crippen LogP contribution in [-0.2, 0) is 23.2 Å². The minimum atomic E-state index is -0.170. The number of para-hydroxylation sites is 1. The molecule has 2 aromatic carbocycles. The standard InChI is InChI=1S/C23H27N3O2S/c1-23(2,3)17-10-8-16(9-11-17)12-14-24-20(27)13-15-26-21(28)18-6-4-5-7-19(18)25-22(26)29/h4-11H,12-15H2,1-3H3,(H,24,27)(H,25,29). The molecule has 1 heterocycles. The lowest BCUT2D eigenvalue weighted by Gasteiger charge is -2.19. The summed E-state index contributed by atoms with van der Waals surface area (Å²) in [5, 5.41) is 3.49. The second kappa shape index (κ2) is 8.74. The summed E-state index contributed by atoms with van der Waals surface area (Å²) in [7, 11) is 0. The van der Waals surface area contributed by atoms with E-state index >= 15 is 0 Å². The predicted molar refractivity (Wildman–Crippen MR) is 120 cm³/mol. The van der Waals surface area contributed by atoms with Crippen molar-refractivity contribution in [3.63, 3.8) is 0 Å². The van der Waals surface area contributed by atoms with Crippen molar-refractivity contribution in [1.29, 1.82) is 0 Å². The van der Waals surface area contributed by atoms with E-state index in [9.17, 15) is 9.59 Å². The average Bonchev–Trinajstić information content (AvgIpc) is 2.67. The summed E-state index contributed by atoms with van der Waals surface area (Å²) < 4.78 is 1.78. The van der Waals surface area contributed by atoms with Gasteiger partial charge in [-0.05, 0) is 47.3 Å². The van der Waals surface area contributed by atoms with E-state index in [1.54, 1.807) is 6.07 Å². The molecule has 0 aliphatic carbocycles. The van der Waals surface area contributed by atoms with Crippen LogP contribution in [0, 0.1) is 4.77 Å². The summed E-state index contributed by atoms with van der Waals surface area (Å²) in [5.41, 5.74) is 3.15. The monoisotopic (exact) mass is 409 g/mol. The fourth-order valence-electron chi connectivity index (χ4n) is 3.22. The summed E-state index contributed by atoms with van der Waals surface area (Å²) in [5.74, 6) is -0.0919. The molecule has 0 radical (unpaired) electrons. The van der Waals surface area contributed by atoms with Crippen LogP contribution in [0.15, 0.2) is 53.3 Å². The van der Waals surface area contributed by atoms with Crippen molar-refractivity contribution in [3.8, 4) is 0 Å². The van der Waals surface area contributed by atoms with E-state index < -0.39 is 0 Å². The van der Waals surface area contributed by atoms with Crippen molar-refractivity contribution in [2.75, 3.05) is 6.54 Å². The second-order valence-corrected chi connectivity index (χ2v) is 8.62. The number of nitrogens with one attached hydrogen (secondary N) is 2. The third-order valence-corrected chi connectivity index (χ3v) is 5.33. The number of aromatic amines is 1. The number of H-pyrrole nitrogens is 1.